The van der Waals surface area contributed by atoms with Crippen LogP contribution in [0.1, 0.15) is 15.9 Å². The van der Waals surface area contributed by atoms with Crippen molar-refractivity contribution in [2.75, 3.05) is 26.2 Å². The molecular formula is C19H21F3N2O2. The average molecular weight is 366 g/mol. The molecule has 1 amide bonds. The average Bonchev–Trinajstić information content (AvgIpc) is 2.63. The number of rotatable bonds is 8. The monoisotopic (exact) mass is 366 g/mol. The smallest absolute Gasteiger partial charge is 0.422 e. The van der Waals surface area contributed by atoms with Crippen LogP contribution in [0.5, 0.6) is 5.75 Å². The minimum atomic E-state index is -4.40. The Morgan fingerprint density at radius 1 is 1.00 bits per heavy atom. The second-order valence-corrected chi connectivity index (χ2v) is 5.74. The lowest BCUT2D eigenvalue weighted by Crippen LogP contribution is -2.36. The normalized spacial score (nSPS) is 11.2. The molecule has 0 spiro atoms. The Kier molecular flexibility index (Phi) is 7.03. The fourth-order valence-corrected chi connectivity index (χ4v) is 2.42. The molecule has 26 heavy (non-hydrogen) atoms. The first-order chi connectivity index (χ1) is 12.4. The van der Waals surface area contributed by atoms with Gasteiger partial charge < -0.3 is 15.4 Å². The van der Waals surface area contributed by atoms with Crippen molar-refractivity contribution in [3.63, 3.8) is 0 Å². The number of carbonyl (C=O) groups excluding carboxylic acids is 1. The number of nitrogens with two attached hydrogens (primary N) is 1. The summed E-state index contributed by atoms with van der Waals surface area (Å²) in [5.41, 5.74) is 7.09. The van der Waals surface area contributed by atoms with Crippen molar-refractivity contribution in [2.45, 2.75) is 12.6 Å². The van der Waals surface area contributed by atoms with Gasteiger partial charge in [-0.15, -0.1) is 0 Å². The molecule has 0 saturated carbocycles. The van der Waals surface area contributed by atoms with Crippen molar-refractivity contribution in [2.24, 2.45) is 5.73 Å². The van der Waals surface area contributed by atoms with Crippen LogP contribution in [0.3, 0.4) is 0 Å². The summed E-state index contributed by atoms with van der Waals surface area (Å²) in [6, 6.07) is 15.4. The molecule has 0 aliphatic carbocycles. The summed E-state index contributed by atoms with van der Waals surface area (Å²) in [5, 5.41) is 0. The molecule has 2 rings (SSSR count). The van der Waals surface area contributed by atoms with Crippen LogP contribution in [0.2, 0.25) is 0 Å². The molecule has 0 heterocycles. The lowest BCUT2D eigenvalue weighted by molar-refractivity contribution is -0.153. The van der Waals surface area contributed by atoms with Gasteiger partial charge in [0.05, 0.1) is 0 Å². The van der Waals surface area contributed by atoms with E-state index < -0.39 is 12.8 Å². The fraction of sp³-hybridized carbons (Fsp3) is 0.316. The summed E-state index contributed by atoms with van der Waals surface area (Å²) < 4.78 is 41.1. The molecule has 0 bridgehead atoms. The van der Waals surface area contributed by atoms with Gasteiger partial charge in [-0.2, -0.15) is 13.2 Å². The molecule has 0 radical (unpaired) electrons. The zero-order chi connectivity index (χ0) is 19.0. The zero-order valence-corrected chi connectivity index (χ0v) is 14.2. The molecule has 0 fully saturated rings. The number of benzene rings is 2. The van der Waals surface area contributed by atoms with Crippen molar-refractivity contribution >= 4 is 5.91 Å². The highest BCUT2D eigenvalue weighted by molar-refractivity contribution is 5.94. The van der Waals surface area contributed by atoms with E-state index in [2.05, 4.69) is 4.74 Å². The van der Waals surface area contributed by atoms with Crippen LogP contribution >= 0.6 is 0 Å². The van der Waals surface area contributed by atoms with Gasteiger partial charge in [-0.25, -0.2) is 0 Å². The van der Waals surface area contributed by atoms with Gasteiger partial charge in [-0.05, 0) is 36.2 Å². The van der Waals surface area contributed by atoms with E-state index in [0.29, 0.717) is 31.6 Å². The van der Waals surface area contributed by atoms with Gasteiger partial charge >= 0.3 is 6.18 Å². The van der Waals surface area contributed by atoms with E-state index >= 15 is 0 Å². The van der Waals surface area contributed by atoms with Crippen molar-refractivity contribution in [3.05, 3.63) is 65.7 Å². The van der Waals surface area contributed by atoms with E-state index in [1.807, 2.05) is 30.3 Å². The summed E-state index contributed by atoms with van der Waals surface area (Å²) in [5.74, 6) is -0.151. The quantitative estimate of drug-likeness (QED) is 0.780. The molecule has 0 aliphatic rings. The summed E-state index contributed by atoms with van der Waals surface area (Å²) in [6.07, 6.45) is -3.71. The van der Waals surface area contributed by atoms with Crippen LogP contribution in [0.4, 0.5) is 13.2 Å². The highest BCUT2D eigenvalue weighted by Gasteiger charge is 2.28. The highest BCUT2D eigenvalue weighted by atomic mass is 19.4. The van der Waals surface area contributed by atoms with E-state index in [0.717, 1.165) is 5.56 Å². The third kappa shape index (κ3) is 6.40. The molecule has 0 unspecified atom stereocenters. The first kappa shape index (κ1) is 19.8. The van der Waals surface area contributed by atoms with Crippen LogP contribution in [-0.2, 0) is 6.42 Å². The van der Waals surface area contributed by atoms with Crippen LogP contribution < -0.4 is 10.5 Å². The largest absolute Gasteiger partial charge is 0.484 e. The molecule has 0 aliphatic heterocycles. The number of amides is 1. The Bertz CT molecular complexity index is 688. The second kappa shape index (κ2) is 9.24. The molecule has 0 aromatic heterocycles. The van der Waals surface area contributed by atoms with E-state index in [4.69, 9.17) is 5.73 Å². The van der Waals surface area contributed by atoms with Crippen LogP contribution in [0.25, 0.3) is 0 Å². The van der Waals surface area contributed by atoms with Gasteiger partial charge in [0, 0.05) is 25.2 Å². The maximum absolute atomic E-state index is 12.6. The number of halogens is 3. The fourth-order valence-electron chi connectivity index (χ4n) is 2.42. The molecule has 7 heteroatoms. The molecular weight excluding hydrogens is 345 g/mol. The molecule has 4 nitrogen and oxygen atoms in total. The van der Waals surface area contributed by atoms with Crippen LogP contribution in [0, 0.1) is 0 Å². The molecule has 0 saturated heterocycles. The Hall–Kier alpha value is -2.54. The van der Waals surface area contributed by atoms with Gasteiger partial charge in [0.1, 0.15) is 5.75 Å². The maximum atomic E-state index is 12.6. The molecule has 2 aromatic carbocycles. The molecule has 2 N–H and O–H groups in total. The predicted octanol–water partition coefficient (Wildman–Crippen LogP) is 3.27. The minimum absolute atomic E-state index is 0.0635. The zero-order valence-electron chi connectivity index (χ0n) is 14.2. The number of ether oxygens (including phenoxy) is 1. The van der Waals surface area contributed by atoms with E-state index in [1.54, 1.807) is 4.90 Å². The summed E-state index contributed by atoms with van der Waals surface area (Å²) in [7, 11) is 0. The van der Waals surface area contributed by atoms with Gasteiger partial charge in [0.25, 0.3) is 5.91 Å². The maximum Gasteiger partial charge on any atom is 0.422 e. The molecule has 140 valence electrons. The summed E-state index contributed by atoms with van der Waals surface area (Å²) >= 11 is 0. The molecule has 0 atom stereocenters. The Morgan fingerprint density at radius 3 is 2.23 bits per heavy atom. The van der Waals surface area contributed by atoms with E-state index in [9.17, 15) is 18.0 Å². The Labute approximate surface area is 150 Å². The Morgan fingerprint density at radius 2 is 1.65 bits per heavy atom. The number of hydrogen-bond donors (Lipinski definition) is 1. The van der Waals surface area contributed by atoms with Crippen molar-refractivity contribution in [3.8, 4) is 5.75 Å². The van der Waals surface area contributed by atoms with Crippen LogP contribution in [0.15, 0.2) is 54.6 Å². The number of carbonyl (C=O) groups is 1. The van der Waals surface area contributed by atoms with Crippen molar-refractivity contribution in [1.29, 1.82) is 0 Å². The Balaban J connectivity index is 1.98. The number of nitrogens with zero attached hydrogens (tertiary/aromatic N) is 1. The summed E-state index contributed by atoms with van der Waals surface area (Å²) in [4.78, 5) is 14.3. The lowest BCUT2D eigenvalue weighted by Gasteiger charge is -2.22. The summed E-state index contributed by atoms with van der Waals surface area (Å²) in [6.45, 7) is -0.131. The van der Waals surface area contributed by atoms with E-state index in [1.165, 1.54) is 24.3 Å². The lowest BCUT2D eigenvalue weighted by atomic mass is 10.1. The minimum Gasteiger partial charge on any atom is -0.484 e. The van der Waals surface area contributed by atoms with Crippen molar-refractivity contribution in [1.82, 2.24) is 4.90 Å². The first-order valence-electron chi connectivity index (χ1n) is 8.22. The van der Waals surface area contributed by atoms with Gasteiger partial charge in [-0.1, -0.05) is 30.3 Å². The third-order valence-electron chi connectivity index (χ3n) is 3.70. The third-order valence-corrected chi connectivity index (χ3v) is 3.70. The van der Waals surface area contributed by atoms with E-state index in [-0.39, 0.29) is 11.7 Å². The van der Waals surface area contributed by atoms with Gasteiger partial charge in [0.2, 0.25) is 0 Å². The topological polar surface area (TPSA) is 55.6 Å². The van der Waals surface area contributed by atoms with Crippen LogP contribution in [-0.4, -0.2) is 43.2 Å². The predicted molar refractivity (Wildman–Crippen MR) is 93.1 cm³/mol. The second-order valence-electron chi connectivity index (χ2n) is 5.74. The molecule has 2 aromatic rings. The standard InChI is InChI=1S/C19H21F3N2O2/c20-19(21,22)14-26-17-8-6-16(7-9-17)18(25)24(13-11-23)12-10-15-4-2-1-3-5-15/h1-9H,10-14,23H2. The van der Waals surface area contributed by atoms with Gasteiger partial charge in [0.15, 0.2) is 6.61 Å². The first-order valence-corrected chi connectivity index (χ1v) is 8.22. The number of alkyl halides is 3. The SMILES string of the molecule is NCCN(CCc1ccccc1)C(=O)c1ccc(OCC(F)(F)F)cc1. The van der Waals surface area contributed by atoms with Gasteiger partial charge in [-0.3, -0.25) is 4.79 Å². The van der Waals surface area contributed by atoms with Crippen molar-refractivity contribution < 1.29 is 22.7 Å². The number of hydrogen-bond acceptors (Lipinski definition) is 3. The highest BCUT2D eigenvalue weighted by Crippen LogP contribution is 2.19.